The topological polar surface area (TPSA) is 139 Å². The molecule has 0 aliphatic carbocycles. The zero-order valence-electron chi connectivity index (χ0n) is 21.7. The molecule has 4 heterocycles. The summed E-state index contributed by atoms with van der Waals surface area (Å²) in [6, 6.07) is 13.7. The number of rotatable bonds is 8. The molecule has 0 bridgehead atoms. The van der Waals surface area contributed by atoms with Crippen LogP contribution in [0.25, 0.3) is 11.0 Å². The molecular weight excluding hydrogens is 552 g/mol. The molecule has 0 radical (unpaired) electrons. The Labute approximate surface area is 235 Å². The van der Waals surface area contributed by atoms with Gasteiger partial charge in [0.1, 0.15) is 11.6 Å². The summed E-state index contributed by atoms with van der Waals surface area (Å²) >= 11 is 1.45. The van der Waals surface area contributed by atoms with Crippen molar-refractivity contribution in [1.82, 2.24) is 19.9 Å². The van der Waals surface area contributed by atoms with Crippen LogP contribution >= 0.6 is 11.3 Å². The van der Waals surface area contributed by atoms with E-state index in [-0.39, 0.29) is 36.7 Å². The lowest BCUT2D eigenvalue weighted by Gasteiger charge is -2.22. The van der Waals surface area contributed by atoms with E-state index < -0.39 is 39.7 Å². The number of aromatic nitrogens is 1. The molecule has 12 heteroatoms. The van der Waals surface area contributed by atoms with Gasteiger partial charge in [0.25, 0.3) is 15.9 Å². The second-order valence-electron chi connectivity index (χ2n) is 9.54. The highest BCUT2D eigenvalue weighted by Gasteiger charge is 2.35. The standard InChI is InChI=1S/C28H28N4O6S2/c1-18-20-9-2-3-11-24(20)38-26(18)28(35)31-22(16-19-8-7-15-39-19)27(34)30-21-10-6-14-32(17-23(21)33)40(36,37)25-12-4-5-13-29-25/h2-5,7-9,11-13,15,21-22H,6,10,14,16-17H2,1H3,(H,30,34)(H,31,35)/t21?,22-/m0/s1. The monoisotopic (exact) mass is 580 g/mol. The average molecular weight is 581 g/mol. The number of aryl methyl sites for hydroxylation is 1. The number of nitrogens with zero attached hydrogens (tertiary/aromatic N) is 2. The number of para-hydroxylation sites is 1. The van der Waals surface area contributed by atoms with Crippen molar-refractivity contribution >= 4 is 49.9 Å². The first-order valence-corrected chi connectivity index (χ1v) is 15.1. The molecule has 0 spiro atoms. The first-order valence-electron chi connectivity index (χ1n) is 12.8. The Morgan fingerprint density at radius 3 is 2.67 bits per heavy atom. The Kier molecular flexibility index (Phi) is 8.10. The summed E-state index contributed by atoms with van der Waals surface area (Å²) in [4.78, 5) is 44.6. The van der Waals surface area contributed by atoms with Crippen molar-refractivity contribution in [3.8, 4) is 0 Å². The number of amides is 2. The molecule has 40 heavy (non-hydrogen) atoms. The summed E-state index contributed by atoms with van der Waals surface area (Å²) in [6.07, 6.45) is 2.23. The number of hydrogen-bond acceptors (Lipinski definition) is 8. The van der Waals surface area contributed by atoms with Crippen molar-refractivity contribution in [2.24, 2.45) is 0 Å². The van der Waals surface area contributed by atoms with Gasteiger partial charge < -0.3 is 15.1 Å². The van der Waals surface area contributed by atoms with E-state index in [9.17, 15) is 22.8 Å². The van der Waals surface area contributed by atoms with Crippen LogP contribution in [0, 0.1) is 6.92 Å². The zero-order valence-corrected chi connectivity index (χ0v) is 23.3. The molecule has 1 aliphatic heterocycles. The Balaban J connectivity index is 1.31. The fourth-order valence-corrected chi connectivity index (χ4v) is 6.84. The number of carbonyl (C=O) groups is 3. The maximum atomic E-state index is 13.5. The molecule has 0 saturated carbocycles. The number of Topliss-reactive ketones (excluding diaryl/α,β-unsaturated/α-hetero) is 1. The maximum Gasteiger partial charge on any atom is 0.287 e. The van der Waals surface area contributed by atoms with Gasteiger partial charge in [-0.1, -0.05) is 30.3 Å². The third kappa shape index (κ3) is 5.83. The van der Waals surface area contributed by atoms with E-state index in [0.29, 0.717) is 17.6 Å². The van der Waals surface area contributed by atoms with Crippen LogP contribution in [0.5, 0.6) is 0 Å². The lowest BCUT2D eigenvalue weighted by molar-refractivity contribution is -0.128. The minimum Gasteiger partial charge on any atom is -0.451 e. The molecule has 2 amide bonds. The van der Waals surface area contributed by atoms with E-state index in [1.54, 1.807) is 25.1 Å². The number of thiophene rings is 1. The van der Waals surface area contributed by atoms with Crippen molar-refractivity contribution in [3.05, 3.63) is 82.4 Å². The van der Waals surface area contributed by atoms with Crippen LogP contribution in [-0.2, 0) is 26.0 Å². The molecule has 1 unspecified atom stereocenters. The van der Waals surface area contributed by atoms with E-state index in [1.165, 1.54) is 23.6 Å². The third-order valence-electron chi connectivity index (χ3n) is 6.84. The fourth-order valence-electron chi connectivity index (χ4n) is 4.71. The molecule has 208 valence electrons. The Morgan fingerprint density at radius 2 is 1.95 bits per heavy atom. The van der Waals surface area contributed by atoms with Crippen molar-refractivity contribution < 1.29 is 27.2 Å². The molecule has 2 N–H and O–H groups in total. The average Bonchev–Trinajstić information content (AvgIpc) is 3.54. The third-order valence-corrected chi connectivity index (χ3v) is 9.50. The van der Waals surface area contributed by atoms with Crippen LogP contribution in [0.4, 0.5) is 0 Å². The largest absolute Gasteiger partial charge is 0.451 e. The highest BCUT2D eigenvalue weighted by Crippen LogP contribution is 2.25. The number of ketones is 1. The Bertz CT molecular complexity index is 1630. The summed E-state index contributed by atoms with van der Waals surface area (Å²) in [5.41, 5.74) is 1.23. The maximum absolute atomic E-state index is 13.5. The smallest absolute Gasteiger partial charge is 0.287 e. The van der Waals surface area contributed by atoms with Gasteiger partial charge in [-0.2, -0.15) is 4.31 Å². The summed E-state index contributed by atoms with van der Waals surface area (Å²) in [5.74, 6) is -1.38. The zero-order chi connectivity index (χ0) is 28.3. The van der Waals surface area contributed by atoms with Crippen LogP contribution in [0.2, 0.25) is 0 Å². The minimum atomic E-state index is -3.96. The number of hydrogen-bond donors (Lipinski definition) is 2. The van der Waals surface area contributed by atoms with Gasteiger partial charge in [-0.15, -0.1) is 11.3 Å². The molecule has 10 nitrogen and oxygen atoms in total. The van der Waals surface area contributed by atoms with Gasteiger partial charge >= 0.3 is 0 Å². The molecule has 5 rings (SSSR count). The van der Waals surface area contributed by atoms with Gasteiger partial charge in [0.2, 0.25) is 5.91 Å². The molecule has 1 aliphatic rings. The quantitative estimate of drug-likeness (QED) is 0.327. The van der Waals surface area contributed by atoms with Gasteiger partial charge in [0, 0.05) is 35.0 Å². The number of sulfonamides is 1. The molecule has 3 aromatic heterocycles. The molecule has 1 fully saturated rings. The summed E-state index contributed by atoms with van der Waals surface area (Å²) < 4.78 is 32.9. The number of fused-ring (bicyclic) bond motifs is 1. The van der Waals surface area contributed by atoms with E-state index in [0.717, 1.165) is 14.6 Å². The second-order valence-corrected chi connectivity index (χ2v) is 12.5. The van der Waals surface area contributed by atoms with Crippen molar-refractivity contribution in [1.29, 1.82) is 0 Å². The summed E-state index contributed by atoms with van der Waals surface area (Å²) in [5, 5.41) is 8.10. The Hall–Kier alpha value is -3.87. The fraction of sp³-hybridized carbons (Fsp3) is 0.286. The van der Waals surface area contributed by atoms with Crippen LogP contribution < -0.4 is 10.6 Å². The van der Waals surface area contributed by atoms with Crippen molar-refractivity contribution in [2.75, 3.05) is 13.1 Å². The minimum absolute atomic E-state index is 0.117. The van der Waals surface area contributed by atoms with Gasteiger partial charge in [0.15, 0.2) is 16.6 Å². The highest BCUT2D eigenvalue weighted by molar-refractivity contribution is 7.89. The first-order chi connectivity index (χ1) is 19.2. The summed E-state index contributed by atoms with van der Waals surface area (Å²) in [6.45, 7) is 1.52. The number of furan rings is 1. The lowest BCUT2D eigenvalue weighted by atomic mass is 10.1. The van der Waals surface area contributed by atoms with Gasteiger partial charge in [-0.05, 0) is 49.4 Å². The second kappa shape index (κ2) is 11.7. The van der Waals surface area contributed by atoms with Crippen molar-refractivity contribution in [3.63, 3.8) is 0 Å². The number of benzene rings is 1. The predicted molar refractivity (Wildman–Crippen MR) is 149 cm³/mol. The molecule has 1 saturated heterocycles. The number of carbonyl (C=O) groups excluding carboxylic acids is 3. The first kappa shape index (κ1) is 27.7. The molecule has 2 atom stereocenters. The van der Waals surface area contributed by atoms with E-state index >= 15 is 0 Å². The van der Waals surface area contributed by atoms with Gasteiger partial charge in [-0.25, -0.2) is 13.4 Å². The van der Waals surface area contributed by atoms with Crippen LogP contribution in [0.15, 0.2) is 75.6 Å². The van der Waals surface area contributed by atoms with Crippen LogP contribution in [0.3, 0.4) is 0 Å². The lowest BCUT2D eigenvalue weighted by Crippen LogP contribution is -2.53. The van der Waals surface area contributed by atoms with Crippen LogP contribution in [-0.4, -0.2) is 60.5 Å². The van der Waals surface area contributed by atoms with E-state index in [2.05, 4.69) is 15.6 Å². The predicted octanol–water partition coefficient (Wildman–Crippen LogP) is 3.08. The van der Waals surface area contributed by atoms with E-state index in [1.807, 2.05) is 35.7 Å². The molecule has 1 aromatic carbocycles. The van der Waals surface area contributed by atoms with E-state index in [4.69, 9.17) is 4.42 Å². The summed E-state index contributed by atoms with van der Waals surface area (Å²) in [7, 11) is -3.96. The normalized spacial score (nSPS) is 17.3. The Morgan fingerprint density at radius 1 is 1.15 bits per heavy atom. The number of nitrogens with one attached hydrogen (secondary N) is 2. The molecule has 4 aromatic rings. The number of pyridine rings is 1. The van der Waals surface area contributed by atoms with Crippen molar-refractivity contribution in [2.45, 2.75) is 43.3 Å². The molecular formula is C28H28N4O6S2. The van der Waals surface area contributed by atoms with Crippen LogP contribution in [0.1, 0.15) is 33.8 Å². The van der Waals surface area contributed by atoms with Gasteiger partial charge in [0.05, 0.1) is 12.6 Å². The van der Waals surface area contributed by atoms with Gasteiger partial charge in [-0.3, -0.25) is 14.4 Å². The highest BCUT2D eigenvalue weighted by atomic mass is 32.2. The SMILES string of the molecule is Cc1c(C(=O)N[C@@H](Cc2cccs2)C(=O)NC2CCCN(S(=O)(=O)c3ccccn3)CC2=O)oc2ccccc12.